The van der Waals surface area contributed by atoms with Gasteiger partial charge in [-0.05, 0) is 25.1 Å². The molecule has 0 unspecified atom stereocenters. The van der Waals surface area contributed by atoms with E-state index in [4.69, 9.17) is 5.73 Å². The van der Waals surface area contributed by atoms with Gasteiger partial charge in [-0.15, -0.1) is 0 Å². The molecule has 0 spiro atoms. The summed E-state index contributed by atoms with van der Waals surface area (Å²) in [4.78, 5) is 24.9. The van der Waals surface area contributed by atoms with Crippen LogP contribution < -0.4 is 5.73 Å². The lowest BCUT2D eigenvalue weighted by Gasteiger charge is -2.17. The first-order chi connectivity index (χ1) is 8.15. The maximum absolute atomic E-state index is 11.9. The van der Waals surface area contributed by atoms with E-state index in [-0.39, 0.29) is 18.4 Å². The third-order valence-corrected chi connectivity index (χ3v) is 2.77. The van der Waals surface area contributed by atoms with Gasteiger partial charge in [0, 0.05) is 0 Å². The van der Waals surface area contributed by atoms with Gasteiger partial charge in [0.15, 0.2) is 0 Å². The van der Waals surface area contributed by atoms with Crippen LogP contribution in [0.1, 0.15) is 27.1 Å². The van der Waals surface area contributed by atoms with E-state index in [2.05, 4.69) is 0 Å². The topological polar surface area (TPSA) is 83.6 Å². The molecule has 1 aromatic rings. The first-order valence-corrected chi connectivity index (χ1v) is 5.48. The molecule has 90 valence electrons. The Morgan fingerprint density at radius 1 is 1.18 bits per heavy atom. The first-order valence-electron chi connectivity index (χ1n) is 5.48. The average Bonchev–Trinajstić information content (AvgIpc) is 2.56. The Morgan fingerprint density at radius 3 is 2.18 bits per heavy atom. The fraction of sp³-hybridized carbons (Fsp3) is 0.333. The molecule has 2 amide bonds. The molecule has 5 nitrogen and oxygen atoms in total. The number of hydrogen-bond acceptors (Lipinski definition) is 4. The Balaban J connectivity index is 2.19. The van der Waals surface area contributed by atoms with Gasteiger partial charge in [0.05, 0.1) is 23.8 Å². The maximum Gasteiger partial charge on any atom is 0.261 e. The van der Waals surface area contributed by atoms with E-state index in [0.29, 0.717) is 24.1 Å². The Labute approximate surface area is 98.8 Å². The number of amides is 2. The van der Waals surface area contributed by atoms with Gasteiger partial charge in [0.25, 0.3) is 11.8 Å². The monoisotopic (exact) mass is 234 g/mol. The lowest BCUT2D eigenvalue weighted by atomic mass is 10.1. The highest BCUT2D eigenvalue weighted by Gasteiger charge is 2.35. The predicted octanol–water partition coefficient (Wildman–Crippen LogP) is -0.00770. The van der Waals surface area contributed by atoms with Crippen molar-refractivity contribution >= 4 is 11.8 Å². The Hall–Kier alpha value is -1.72. The van der Waals surface area contributed by atoms with Gasteiger partial charge >= 0.3 is 0 Å². The molecule has 1 heterocycles. The van der Waals surface area contributed by atoms with Gasteiger partial charge in [0.1, 0.15) is 0 Å². The number of fused-ring (bicyclic) bond motifs is 1. The number of imide groups is 1. The molecule has 0 bridgehead atoms. The molecule has 5 heteroatoms. The Kier molecular flexibility index (Phi) is 3.21. The Morgan fingerprint density at radius 2 is 1.71 bits per heavy atom. The van der Waals surface area contributed by atoms with Crippen molar-refractivity contribution in [1.29, 1.82) is 0 Å². The van der Waals surface area contributed by atoms with Crippen LogP contribution in [0.15, 0.2) is 24.3 Å². The molecule has 2 rings (SSSR count). The minimum Gasteiger partial charge on any atom is -0.391 e. The quantitative estimate of drug-likeness (QED) is 0.718. The highest BCUT2D eigenvalue weighted by molar-refractivity contribution is 6.21. The number of β-amino-alcohol motifs (C(OH)–C–C–N with tert-alkyl or cyclic N) is 1. The van der Waals surface area contributed by atoms with Crippen LogP contribution in [-0.4, -0.2) is 41.0 Å². The summed E-state index contributed by atoms with van der Waals surface area (Å²) in [7, 11) is 0. The molecule has 0 fully saturated rings. The number of carbonyl (C=O) groups is 2. The van der Waals surface area contributed by atoms with Crippen LogP contribution >= 0.6 is 0 Å². The zero-order valence-electron chi connectivity index (χ0n) is 9.30. The van der Waals surface area contributed by atoms with Gasteiger partial charge in [-0.25, -0.2) is 0 Å². The highest BCUT2D eigenvalue weighted by Crippen LogP contribution is 2.22. The molecule has 0 saturated heterocycles. The van der Waals surface area contributed by atoms with Crippen LogP contribution in [0.25, 0.3) is 0 Å². The van der Waals surface area contributed by atoms with Gasteiger partial charge in [-0.2, -0.15) is 0 Å². The largest absolute Gasteiger partial charge is 0.391 e. The lowest BCUT2D eigenvalue weighted by molar-refractivity contribution is 0.0536. The van der Waals surface area contributed by atoms with Crippen molar-refractivity contribution in [3.63, 3.8) is 0 Å². The molecule has 1 aliphatic heterocycles. The summed E-state index contributed by atoms with van der Waals surface area (Å²) in [6.07, 6.45) is -0.393. The van der Waals surface area contributed by atoms with Crippen LogP contribution in [-0.2, 0) is 0 Å². The normalized spacial score (nSPS) is 16.2. The van der Waals surface area contributed by atoms with E-state index in [1.54, 1.807) is 24.3 Å². The third-order valence-electron chi connectivity index (χ3n) is 2.77. The third kappa shape index (κ3) is 2.07. The fourth-order valence-electron chi connectivity index (χ4n) is 1.90. The second kappa shape index (κ2) is 4.65. The standard InChI is InChI=1S/C12H14N2O3/c13-6-5-8(15)7-14-11(16)9-3-1-2-4-10(9)12(14)17/h1-4,8,15H,5-7,13H2/t8-/m0/s1. The molecule has 0 aromatic heterocycles. The summed E-state index contributed by atoms with van der Waals surface area (Å²) < 4.78 is 0. The molecule has 0 aliphatic carbocycles. The van der Waals surface area contributed by atoms with Crippen molar-refractivity contribution < 1.29 is 14.7 Å². The number of rotatable bonds is 4. The molecule has 1 atom stereocenters. The van der Waals surface area contributed by atoms with E-state index in [1.807, 2.05) is 0 Å². The highest BCUT2D eigenvalue weighted by atomic mass is 16.3. The van der Waals surface area contributed by atoms with Gasteiger partial charge in [-0.3, -0.25) is 14.5 Å². The van der Waals surface area contributed by atoms with Crippen LogP contribution in [0, 0.1) is 0 Å². The van der Waals surface area contributed by atoms with Crippen LogP contribution in [0.4, 0.5) is 0 Å². The number of nitrogens with zero attached hydrogens (tertiary/aromatic N) is 1. The molecule has 0 radical (unpaired) electrons. The molecule has 3 N–H and O–H groups in total. The van der Waals surface area contributed by atoms with Crippen LogP contribution in [0.5, 0.6) is 0 Å². The van der Waals surface area contributed by atoms with E-state index in [1.165, 1.54) is 0 Å². The smallest absolute Gasteiger partial charge is 0.261 e. The molecule has 0 saturated carbocycles. The van der Waals surface area contributed by atoms with Crippen molar-refractivity contribution in [2.24, 2.45) is 5.73 Å². The molecule has 1 aromatic carbocycles. The van der Waals surface area contributed by atoms with Crippen molar-refractivity contribution in [3.8, 4) is 0 Å². The van der Waals surface area contributed by atoms with Crippen LogP contribution in [0.3, 0.4) is 0 Å². The van der Waals surface area contributed by atoms with E-state index < -0.39 is 6.10 Å². The average molecular weight is 234 g/mol. The van der Waals surface area contributed by atoms with Crippen LogP contribution in [0.2, 0.25) is 0 Å². The molecular weight excluding hydrogens is 220 g/mol. The zero-order chi connectivity index (χ0) is 12.4. The number of benzene rings is 1. The second-order valence-electron chi connectivity index (χ2n) is 4.00. The van der Waals surface area contributed by atoms with Crippen molar-refractivity contribution in [3.05, 3.63) is 35.4 Å². The number of nitrogens with two attached hydrogens (primary N) is 1. The van der Waals surface area contributed by atoms with Gasteiger partial charge in [-0.1, -0.05) is 12.1 Å². The zero-order valence-corrected chi connectivity index (χ0v) is 9.30. The first kappa shape index (κ1) is 11.8. The number of carbonyl (C=O) groups excluding carboxylic acids is 2. The summed E-state index contributed by atoms with van der Waals surface area (Å²) in [5.41, 5.74) is 6.11. The fourth-order valence-corrected chi connectivity index (χ4v) is 1.90. The van der Waals surface area contributed by atoms with Gasteiger partial charge in [0.2, 0.25) is 0 Å². The number of aliphatic hydroxyl groups is 1. The minimum absolute atomic E-state index is 0.00352. The lowest BCUT2D eigenvalue weighted by Crippen LogP contribution is -2.37. The summed E-state index contributed by atoms with van der Waals surface area (Å²) in [5.74, 6) is -0.691. The summed E-state index contributed by atoms with van der Waals surface area (Å²) in [5, 5.41) is 9.60. The van der Waals surface area contributed by atoms with E-state index in [0.717, 1.165) is 4.90 Å². The van der Waals surface area contributed by atoms with Crippen molar-refractivity contribution in [2.45, 2.75) is 12.5 Å². The number of aliphatic hydroxyl groups excluding tert-OH is 1. The second-order valence-corrected chi connectivity index (χ2v) is 4.00. The number of hydrogen-bond donors (Lipinski definition) is 2. The summed E-state index contributed by atoms with van der Waals surface area (Å²) in [6, 6.07) is 6.66. The minimum atomic E-state index is -0.762. The van der Waals surface area contributed by atoms with E-state index in [9.17, 15) is 14.7 Å². The Bertz CT molecular complexity index is 424. The molecule has 17 heavy (non-hydrogen) atoms. The maximum atomic E-state index is 11.9. The van der Waals surface area contributed by atoms with Gasteiger partial charge < -0.3 is 10.8 Å². The summed E-state index contributed by atoms with van der Waals surface area (Å²) >= 11 is 0. The molecular formula is C12H14N2O3. The predicted molar refractivity (Wildman–Crippen MR) is 61.5 cm³/mol. The summed E-state index contributed by atoms with van der Waals surface area (Å²) in [6.45, 7) is 0.327. The van der Waals surface area contributed by atoms with E-state index >= 15 is 0 Å². The van der Waals surface area contributed by atoms with Crippen molar-refractivity contribution in [2.75, 3.05) is 13.1 Å². The van der Waals surface area contributed by atoms with Crippen molar-refractivity contribution in [1.82, 2.24) is 4.90 Å². The molecule has 1 aliphatic rings. The SMILES string of the molecule is NCC[C@H](O)CN1C(=O)c2ccccc2C1=O.